The Morgan fingerprint density at radius 1 is 1.11 bits per heavy atom. The van der Waals surface area contributed by atoms with E-state index < -0.39 is 4.92 Å². The topological polar surface area (TPSA) is 60.2 Å². The Morgan fingerprint density at radius 3 is 2.44 bits per heavy atom. The van der Waals surface area contributed by atoms with Gasteiger partial charge in [-0.25, -0.2) is 0 Å². The summed E-state index contributed by atoms with van der Waals surface area (Å²) in [6.07, 6.45) is 0. The summed E-state index contributed by atoms with van der Waals surface area (Å²) in [6.45, 7) is 0. The predicted octanol–water partition coefficient (Wildman–Crippen LogP) is 2.42. The summed E-state index contributed by atoms with van der Waals surface area (Å²) in [5, 5.41) is 10.6. The van der Waals surface area contributed by atoms with Crippen molar-refractivity contribution >= 4 is 11.5 Å². The van der Waals surface area contributed by atoms with Crippen LogP contribution in [0.1, 0.15) is 15.9 Å². The Hall–Kier alpha value is -1.39. The predicted molar refractivity (Wildman–Crippen MR) is 60.6 cm³/mol. The second-order valence-electron chi connectivity index (χ2n) is 3.31. The van der Waals surface area contributed by atoms with Crippen molar-refractivity contribution in [2.45, 2.75) is 0 Å². The van der Waals surface area contributed by atoms with Gasteiger partial charge in [0.1, 0.15) is 0 Å². The molecule has 0 saturated heterocycles. The van der Waals surface area contributed by atoms with Gasteiger partial charge in [-0.3, -0.25) is 10.1 Å². The third kappa shape index (κ3) is 3.31. The van der Waals surface area contributed by atoms with E-state index in [1.807, 2.05) is 0 Å². The minimum atomic E-state index is -0.578. The van der Waals surface area contributed by atoms with Crippen molar-refractivity contribution < 1.29 is 42.4 Å². The third-order valence-electron chi connectivity index (χ3n) is 2.17. The fourth-order valence-electron chi connectivity index (χ4n) is 1.38. The normalized spacial score (nSPS) is 9.33. The molecule has 0 spiro atoms. The molecule has 87 valence electrons. The zero-order chi connectivity index (χ0) is 12.3. The summed E-state index contributed by atoms with van der Waals surface area (Å²) in [5.41, 5.74) is 0.317. The number of benzene rings is 2. The van der Waals surface area contributed by atoms with Crippen molar-refractivity contribution in [3.05, 3.63) is 75.8 Å². The standard InChI is InChI=1S/C13H7NO3.Y/c15-13(10-5-2-1-3-6-10)11-7-4-8-12(9-11)14(16)17;/h1-5,7-8H;/q-2;. The summed E-state index contributed by atoms with van der Waals surface area (Å²) < 4.78 is 0. The summed E-state index contributed by atoms with van der Waals surface area (Å²) in [7, 11) is 0. The van der Waals surface area contributed by atoms with Gasteiger partial charge in [-0.2, -0.15) is 0 Å². The first-order chi connectivity index (χ1) is 8.18. The molecule has 4 nitrogen and oxygen atoms in total. The average molecular weight is 314 g/mol. The molecule has 0 N–H and O–H groups in total. The van der Waals surface area contributed by atoms with Crippen LogP contribution in [0.3, 0.4) is 0 Å². The Bertz CT molecular complexity index is 569. The largest absolute Gasteiger partial charge is 0.348 e. The van der Waals surface area contributed by atoms with Crippen molar-refractivity contribution in [2.24, 2.45) is 0 Å². The third-order valence-corrected chi connectivity index (χ3v) is 2.17. The number of carbonyl (C=O) groups is 1. The van der Waals surface area contributed by atoms with E-state index in [2.05, 4.69) is 12.1 Å². The molecule has 0 heterocycles. The van der Waals surface area contributed by atoms with E-state index in [1.54, 1.807) is 24.3 Å². The van der Waals surface area contributed by atoms with Crippen LogP contribution in [0.4, 0.5) is 5.69 Å². The maximum Gasteiger partial charge on any atom is 0.191 e. The molecule has 5 heteroatoms. The second kappa shape index (κ2) is 6.52. The molecule has 1 radical (unpaired) electrons. The summed E-state index contributed by atoms with van der Waals surface area (Å²) in [4.78, 5) is 21.9. The molecule has 0 aromatic heterocycles. The van der Waals surface area contributed by atoms with Crippen molar-refractivity contribution in [2.75, 3.05) is 0 Å². The number of nitro benzene ring substituents is 1. The second-order valence-corrected chi connectivity index (χ2v) is 3.31. The van der Waals surface area contributed by atoms with E-state index in [0.717, 1.165) is 0 Å². The molecule has 2 rings (SSSR count). The minimum Gasteiger partial charge on any atom is -0.348 e. The fraction of sp³-hybridized carbons (Fsp3) is 0. The van der Waals surface area contributed by atoms with Gasteiger partial charge < -0.3 is 4.79 Å². The van der Waals surface area contributed by atoms with Gasteiger partial charge in [-0.1, -0.05) is 17.7 Å². The van der Waals surface area contributed by atoms with E-state index in [9.17, 15) is 14.9 Å². The Kier molecular flexibility index (Phi) is 5.32. The number of ketones is 1. The van der Waals surface area contributed by atoms with Gasteiger partial charge in [0.2, 0.25) is 0 Å². The number of hydrogen-bond acceptors (Lipinski definition) is 3. The molecule has 0 bridgehead atoms. The Labute approximate surface area is 129 Å². The van der Waals surface area contributed by atoms with Gasteiger partial charge in [-0.05, 0) is 0 Å². The van der Waals surface area contributed by atoms with E-state index in [4.69, 9.17) is 0 Å². The quantitative estimate of drug-likeness (QED) is 0.378. The first-order valence-electron chi connectivity index (χ1n) is 4.86. The van der Waals surface area contributed by atoms with Crippen LogP contribution >= 0.6 is 0 Å². The molecule has 2 aromatic carbocycles. The van der Waals surface area contributed by atoms with Gasteiger partial charge in [0.15, 0.2) is 5.69 Å². The van der Waals surface area contributed by atoms with Crippen molar-refractivity contribution in [3.63, 3.8) is 0 Å². The molecule has 0 atom stereocenters. The molecule has 0 aliphatic rings. The molecular formula is C13H7NO3Y-2. The zero-order valence-electron chi connectivity index (χ0n) is 9.29. The number of nitro groups is 1. The summed E-state index contributed by atoms with van der Waals surface area (Å²) in [6, 6.07) is 16.2. The minimum absolute atomic E-state index is 0. The fourth-order valence-corrected chi connectivity index (χ4v) is 1.38. The molecule has 2 aromatic rings. The number of non-ortho nitro benzene ring substituents is 1. The van der Waals surface area contributed by atoms with Gasteiger partial charge in [-0.15, -0.1) is 48.0 Å². The van der Waals surface area contributed by atoms with E-state index in [1.165, 1.54) is 18.2 Å². The first kappa shape index (κ1) is 14.7. The first-order valence-corrected chi connectivity index (χ1v) is 4.86. The Morgan fingerprint density at radius 2 is 1.83 bits per heavy atom. The van der Waals surface area contributed by atoms with Crippen LogP contribution in [0, 0.1) is 22.2 Å². The molecule has 0 amide bonds. The van der Waals surface area contributed by atoms with Crippen molar-refractivity contribution in [1.29, 1.82) is 0 Å². The molecule has 0 saturated carbocycles. The number of hydrogen-bond donors (Lipinski definition) is 0. The van der Waals surface area contributed by atoms with Crippen LogP contribution < -0.4 is 0 Å². The maximum absolute atomic E-state index is 11.9. The molecule has 18 heavy (non-hydrogen) atoms. The number of carbonyl (C=O) groups excluding carboxylic acids is 1. The van der Waals surface area contributed by atoms with E-state index in [-0.39, 0.29) is 49.7 Å². The number of rotatable bonds is 3. The van der Waals surface area contributed by atoms with E-state index in [0.29, 0.717) is 5.56 Å². The van der Waals surface area contributed by atoms with Crippen LogP contribution in [0.2, 0.25) is 0 Å². The van der Waals surface area contributed by atoms with Gasteiger partial charge >= 0.3 is 0 Å². The monoisotopic (exact) mass is 314 g/mol. The molecule has 0 unspecified atom stereocenters. The average Bonchev–Trinajstić information content (AvgIpc) is 2.39. The van der Waals surface area contributed by atoms with Crippen LogP contribution in [0.25, 0.3) is 0 Å². The Balaban J connectivity index is 0.00000162. The van der Waals surface area contributed by atoms with Crippen LogP contribution in [0.5, 0.6) is 0 Å². The van der Waals surface area contributed by atoms with Gasteiger partial charge in [0, 0.05) is 37.6 Å². The van der Waals surface area contributed by atoms with Crippen LogP contribution in [-0.2, 0) is 32.7 Å². The molecule has 0 aliphatic carbocycles. The van der Waals surface area contributed by atoms with Crippen LogP contribution in [-0.4, -0.2) is 10.7 Å². The maximum atomic E-state index is 11.9. The van der Waals surface area contributed by atoms with Crippen LogP contribution in [0.15, 0.2) is 42.5 Å². The van der Waals surface area contributed by atoms with Gasteiger partial charge in [0.05, 0.1) is 5.78 Å². The zero-order valence-corrected chi connectivity index (χ0v) is 12.1. The SMILES string of the molecule is O=C(c1[c-]cccc1)c1[c-]c([N+](=O)[O-])ccc1.[Y]. The van der Waals surface area contributed by atoms with Crippen molar-refractivity contribution in [1.82, 2.24) is 0 Å². The van der Waals surface area contributed by atoms with Crippen molar-refractivity contribution in [3.8, 4) is 0 Å². The molecule has 0 aliphatic heterocycles. The molecular weight excluding hydrogens is 307 g/mol. The summed E-state index contributed by atoms with van der Waals surface area (Å²) >= 11 is 0. The number of nitrogens with zero attached hydrogens (tertiary/aromatic N) is 1. The van der Waals surface area contributed by atoms with Gasteiger partial charge in [0.25, 0.3) is 0 Å². The smallest absolute Gasteiger partial charge is 0.191 e. The summed E-state index contributed by atoms with van der Waals surface area (Å²) in [5.74, 6) is -0.325. The molecule has 0 fully saturated rings. The van der Waals surface area contributed by atoms with E-state index >= 15 is 0 Å².